The average Bonchev–Trinajstić information content (AvgIpc) is 3.35. The van der Waals surface area contributed by atoms with Crippen LogP contribution in [-0.4, -0.2) is 30.2 Å². The zero-order chi connectivity index (χ0) is 19.3. The lowest BCUT2D eigenvalue weighted by Crippen LogP contribution is -2.44. The number of nitrogens with one attached hydrogen (secondary N) is 2. The first-order valence-electron chi connectivity index (χ1n) is 9.81. The number of hydrogen-bond acceptors (Lipinski definition) is 4. The van der Waals surface area contributed by atoms with Crippen molar-refractivity contribution < 1.29 is 13.9 Å². The first-order chi connectivity index (χ1) is 12.9. The fourth-order valence-corrected chi connectivity index (χ4v) is 3.66. The van der Waals surface area contributed by atoms with Crippen molar-refractivity contribution in [2.45, 2.75) is 64.5 Å². The summed E-state index contributed by atoms with van der Waals surface area (Å²) in [6.07, 6.45) is 7.30. The van der Waals surface area contributed by atoms with Crippen molar-refractivity contribution in [1.82, 2.24) is 10.6 Å². The number of guanidine groups is 1. The van der Waals surface area contributed by atoms with E-state index in [4.69, 9.17) is 8.83 Å². The van der Waals surface area contributed by atoms with Gasteiger partial charge in [-0.1, -0.05) is 12.8 Å². The third kappa shape index (κ3) is 6.27. The fourth-order valence-electron chi connectivity index (χ4n) is 3.66. The highest BCUT2D eigenvalue weighted by Gasteiger charge is 2.28. The molecule has 0 amide bonds. The Morgan fingerprint density at radius 3 is 2.68 bits per heavy atom. The molecule has 28 heavy (non-hydrogen) atoms. The molecule has 1 aliphatic carbocycles. The number of rotatable bonds is 7. The molecule has 0 saturated heterocycles. The third-order valence-electron chi connectivity index (χ3n) is 5.11. The van der Waals surface area contributed by atoms with Gasteiger partial charge in [-0.15, -0.1) is 24.0 Å². The van der Waals surface area contributed by atoms with Gasteiger partial charge in [-0.25, -0.2) is 4.99 Å². The lowest BCUT2D eigenvalue weighted by Gasteiger charge is -2.23. The molecule has 3 rings (SSSR count). The van der Waals surface area contributed by atoms with E-state index in [9.17, 15) is 5.11 Å². The van der Waals surface area contributed by atoms with Crippen molar-refractivity contribution >= 4 is 29.9 Å². The summed E-state index contributed by atoms with van der Waals surface area (Å²) in [4.78, 5) is 4.68. The molecule has 2 aromatic rings. The maximum atomic E-state index is 10.9. The van der Waals surface area contributed by atoms with Crippen molar-refractivity contribution in [3.05, 3.63) is 47.3 Å². The standard InChI is InChI=1S/C21H31N3O3.HI/c1-15-13-19(16(2)27-15)21(3,25)14-23-20(24-17-7-4-5-8-17)22-11-10-18-9-6-12-26-18;/h6,9,12-13,17,25H,4-5,7-8,10-11,14H2,1-3H3,(H2,22,23,24);1H. The van der Waals surface area contributed by atoms with Crippen LogP contribution in [0.25, 0.3) is 0 Å². The molecule has 7 heteroatoms. The molecule has 6 nitrogen and oxygen atoms in total. The maximum absolute atomic E-state index is 10.9. The number of aliphatic hydroxyl groups is 1. The van der Waals surface area contributed by atoms with Gasteiger partial charge in [-0.05, 0) is 51.8 Å². The molecule has 1 aliphatic rings. The molecule has 1 unspecified atom stereocenters. The molecule has 2 aromatic heterocycles. The van der Waals surface area contributed by atoms with Gasteiger partial charge in [0.2, 0.25) is 0 Å². The predicted octanol–water partition coefficient (Wildman–Crippen LogP) is 4.04. The van der Waals surface area contributed by atoms with E-state index in [2.05, 4.69) is 15.6 Å². The summed E-state index contributed by atoms with van der Waals surface area (Å²) in [6.45, 7) is 6.52. The molecule has 156 valence electrons. The molecule has 3 N–H and O–H groups in total. The van der Waals surface area contributed by atoms with Gasteiger partial charge >= 0.3 is 0 Å². The van der Waals surface area contributed by atoms with Crippen LogP contribution in [0.1, 0.15) is 55.5 Å². The second-order valence-electron chi connectivity index (χ2n) is 7.65. The third-order valence-corrected chi connectivity index (χ3v) is 5.11. The highest BCUT2D eigenvalue weighted by atomic mass is 127. The Kier molecular flexibility index (Phi) is 8.42. The van der Waals surface area contributed by atoms with Crippen LogP contribution in [0, 0.1) is 13.8 Å². The Labute approximate surface area is 184 Å². The number of furan rings is 2. The summed E-state index contributed by atoms with van der Waals surface area (Å²) in [5, 5.41) is 17.8. The monoisotopic (exact) mass is 501 g/mol. The summed E-state index contributed by atoms with van der Waals surface area (Å²) in [7, 11) is 0. The number of nitrogens with zero attached hydrogens (tertiary/aromatic N) is 1. The van der Waals surface area contributed by atoms with Crippen LogP contribution in [0.4, 0.5) is 0 Å². The van der Waals surface area contributed by atoms with E-state index in [0.717, 1.165) is 54.6 Å². The van der Waals surface area contributed by atoms with Gasteiger partial charge in [0, 0.05) is 24.6 Å². The molecule has 0 spiro atoms. The Morgan fingerprint density at radius 1 is 1.32 bits per heavy atom. The number of aliphatic imine (C=N–C) groups is 1. The predicted molar refractivity (Wildman–Crippen MR) is 121 cm³/mol. The Morgan fingerprint density at radius 2 is 2.07 bits per heavy atom. The van der Waals surface area contributed by atoms with Crippen LogP contribution in [0.3, 0.4) is 0 Å². The van der Waals surface area contributed by atoms with Gasteiger partial charge in [0.05, 0.1) is 12.8 Å². The second-order valence-corrected chi connectivity index (χ2v) is 7.65. The molecule has 1 saturated carbocycles. The SMILES string of the molecule is Cc1cc(C(C)(O)CN=C(NCCc2ccco2)NC2CCCC2)c(C)o1.I. The van der Waals surface area contributed by atoms with Crippen LogP contribution < -0.4 is 10.6 Å². The summed E-state index contributed by atoms with van der Waals surface area (Å²) in [5.74, 6) is 3.22. The summed E-state index contributed by atoms with van der Waals surface area (Å²) >= 11 is 0. The minimum Gasteiger partial charge on any atom is -0.469 e. The van der Waals surface area contributed by atoms with Crippen LogP contribution >= 0.6 is 24.0 Å². The Bertz CT molecular complexity index is 747. The van der Waals surface area contributed by atoms with E-state index >= 15 is 0 Å². The van der Waals surface area contributed by atoms with Crippen molar-refractivity contribution in [1.29, 1.82) is 0 Å². The normalized spacial score (nSPS) is 17.2. The van der Waals surface area contributed by atoms with E-state index in [1.807, 2.05) is 32.0 Å². The minimum absolute atomic E-state index is 0. The van der Waals surface area contributed by atoms with Gasteiger partial charge in [0.25, 0.3) is 0 Å². The van der Waals surface area contributed by atoms with E-state index in [0.29, 0.717) is 6.04 Å². The first-order valence-corrected chi connectivity index (χ1v) is 9.81. The van der Waals surface area contributed by atoms with Gasteiger partial charge in [0.1, 0.15) is 22.9 Å². The Balaban J connectivity index is 0.00000280. The van der Waals surface area contributed by atoms with Crippen molar-refractivity contribution in [2.75, 3.05) is 13.1 Å². The molecule has 1 fully saturated rings. The van der Waals surface area contributed by atoms with Crippen LogP contribution in [0.2, 0.25) is 0 Å². The Hall–Kier alpha value is -1.48. The van der Waals surface area contributed by atoms with Gasteiger partial charge in [-0.3, -0.25) is 0 Å². The molecule has 0 aliphatic heterocycles. The smallest absolute Gasteiger partial charge is 0.191 e. The van der Waals surface area contributed by atoms with E-state index in [1.54, 1.807) is 13.2 Å². The van der Waals surface area contributed by atoms with Crippen LogP contribution in [-0.2, 0) is 12.0 Å². The van der Waals surface area contributed by atoms with E-state index in [-0.39, 0.29) is 30.5 Å². The molecule has 2 heterocycles. The highest BCUT2D eigenvalue weighted by Crippen LogP contribution is 2.27. The molecule has 0 radical (unpaired) electrons. The zero-order valence-electron chi connectivity index (χ0n) is 17.0. The van der Waals surface area contributed by atoms with Crippen molar-refractivity contribution in [3.8, 4) is 0 Å². The maximum Gasteiger partial charge on any atom is 0.191 e. The molecular formula is C21H32IN3O3. The minimum atomic E-state index is -1.08. The summed E-state index contributed by atoms with van der Waals surface area (Å²) in [5.41, 5.74) is -0.285. The molecule has 0 bridgehead atoms. The van der Waals surface area contributed by atoms with Gasteiger partial charge in [-0.2, -0.15) is 0 Å². The van der Waals surface area contributed by atoms with Crippen LogP contribution in [0.5, 0.6) is 0 Å². The summed E-state index contributed by atoms with van der Waals surface area (Å²) in [6, 6.07) is 6.20. The highest BCUT2D eigenvalue weighted by molar-refractivity contribution is 14.0. The van der Waals surface area contributed by atoms with Gasteiger partial charge in [0.15, 0.2) is 5.96 Å². The largest absolute Gasteiger partial charge is 0.469 e. The van der Waals surface area contributed by atoms with Crippen molar-refractivity contribution in [3.63, 3.8) is 0 Å². The lowest BCUT2D eigenvalue weighted by molar-refractivity contribution is 0.0656. The first kappa shape index (κ1) is 22.8. The van der Waals surface area contributed by atoms with Crippen molar-refractivity contribution in [2.24, 2.45) is 4.99 Å². The topological polar surface area (TPSA) is 82.9 Å². The van der Waals surface area contributed by atoms with Crippen LogP contribution in [0.15, 0.2) is 38.3 Å². The molecule has 1 atom stereocenters. The zero-order valence-corrected chi connectivity index (χ0v) is 19.3. The summed E-state index contributed by atoms with van der Waals surface area (Å²) < 4.78 is 11.0. The van der Waals surface area contributed by atoms with E-state index in [1.165, 1.54) is 12.8 Å². The fraction of sp³-hybridized carbons (Fsp3) is 0.571. The molecular weight excluding hydrogens is 469 g/mol. The number of halogens is 1. The number of hydrogen-bond donors (Lipinski definition) is 3. The quantitative estimate of drug-likeness (QED) is 0.303. The number of aryl methyl sites for hydroxylation is 2. The molecule has 0 aromatic carbocycles. The second kappa shape index (κ2) is 10.3. The lowest BCUT2D eigenvalue weighted by atomic mass is 9.96. The van der Waals surface area contributed by atoms with E-state index < -0.39 is 5.60 Å². The average molecular weight is 501 g/mol. The van der Waals surface area contributed by atoms with Gasteiger partial charge < -0.3 is 24.6 Å².